The number of sulfone groups is 1. The zero-order valence-electron chi connectivity index (χ0n) is 12.4. The number of halogens is 4. The molecule has 11 heteroatoms. The summed E-state index contributed by atoms with van der Waals surface area (Å²) in [5.41, 5.74) is -2.53. The van der Waals surface area contributed by atoms with Gasteiger partial charge in [-0.25, -0.2) is 17.2 Å². The first kappa shape index (κ1) is 17.8. The molecule has 0 radical (unpaired) electrons. The molecule has 134 valence electrons. The van der Waals surface area contributed by atoms with E-state index in [9.17, 15) is 30.8 Å². The summed E-state index contributed by atoms with van der Waals surface area (Å²) >= 11 is 0. The van der Waals surface area contributed by atoms with E-state index in [0.717, 1.165) is 18.3 Å². The molecule has 0 unspecified atom stereocenters. The van der Waals surface area contributed by atoms with E-state index in [2.05, 4.69) is 4.98 Å². The largest absolute Gasteiger partial charge is 0.455 e. The van der Waals surface area contributed by atoms with Gasteiger partial charge in [0.05, 0.1) is 27.8 Å². The molecule has 0 bridgehead atoms. The Hall–Kier alpha value is -3.00. The summed E-state index contributed by atoms with van der Waals surface area (Å²) in [6.07, 6.45) is -1.24. The minimum absolute atomic E-state index is 0.0347. The van der Waals surface area contributed by atoms with E-state index in [0.29, 0.717) is 6.07 Å². The molecule has 2 aromatic rings. The molecule has 0 N–H and O–H groups in total. The van der Waals surface area contributed by atoms with E-state index in [1.807, 2.05) is 0 Å². The van der Waals surface area contributed by atoms with Crippen molar-refractivity contribution in [3.63, 3.8) is 0 Å². The van der Waals surface area contributed by atoms with Gasteiger partial charge in [0.25, 0.3) is 16.3 Å². The molecule has 3 rings (SSSR count). The lowest BCUT2D eigenvalue weighted by molar-refractivity contribution is 0.0541. The monoisotopic (exact) mass is 386 g/mol. The second-order valence-corrected chi connectivity index (χ2v) is 7.08. The smallest absolute Gasteiger partial charge is 0.411 e. The molecular formula is C15H6F4N2O4S. The lowest BCUT2D eigenvalue weighted by Crippen LogP contribution is -2.30. The topological polar surface area (TPSA) is 97.1 Å². The normalized spacial score (nSPS) is 17.0. The first-order valence-corrected chi connectivity index (χ1v) is 8.25. The third kappa shape index (κ3) is 2.41. The molecule has 0 aliphatic carbocycles. The Balaban J connectivity index is 2.21. The predicted molar refractivity (Wildman–Crippen MR) is 76.9 cm³/mol. The summed E-state index contributed by atoms with van der Waals surface area (Å²) < 4.78 is 83.0. The number of carbonyl (C=O) groups is 1. The molecule has 6 nitrogen and oxygen atoms in total. The van der Waals surface area contributed by atoms with Gasteiger partial charge in [-0.3, -0.25) is 9.78 Å². The average Bonchev–Trinajstić information content (AvgIpc) is 2.72. The molecule has 0 saturated carbocycles. The number of hydrogen-bond donors (Lipinski definition) is 0. The van der Waals surface area contributed by atoms with Crippen LogP contribution in [0, 0.1) is 11.3 Å². The molecule has 0 atom stereocenters. The van der Waals surface area contributed by atoms with Crippen molar-refractivity contribution in [2.24, 2.45) is 0 Å². The minimum Gasteiger partial charge on any atom is -0.455 e. The van der Waals surface area contributed by atoms with Gasteiger partial charge in [0.1, 0.15) is 17.6 Å². The lowest BCUT2D eigenvalue weighted by Gasteiger charge is -2.13. The summed E-state index contributed by atoms with van der Waals surface area (Å²) in [4.78, 5) is 14.3. The Morgan fingerprint density at radius 1 is 1.23 bits per heavy atom. The second-order valence-electron chi connectivity index (χ2n) is 5.12. The summed E-state index contributed by atoms with van der Waals surface area (Å²) in [5.74, 6) is -3.11. The number of ether oxygens (including phenoxy) is 1. The molecule has 1 aromatic heterocycles. The average molecular weight is 386 g/mol. The van der Waals surface area contributed by atoms with Crippen molar-refractivity contribution >= 4 is 15.6 Å². The Morgan fingerprint density at radius 2 is 1.92 bits per heavy atom. The number of nitriles is 1. The van der Waals surface area contributed by atoms with Crippen LogP contribution in [0.2, 0.25) is 0 Å². The number of ketones is 1. The van der Waals surface area contributed by atoms with Gasteiger partial charge in [0.2, 0.25) is 5.78 Å². The van der Waals surface area contributed by atoms with Gasteiger partial charge in [-0.15, -0.1) is 0 Å². The third-order valence-corrected chi connectivity index (χ3v) is 5.35. The Kier molecular flexibility index (Phi) is 3.95. The predicted octanol–water partition coefficient (Wildman–Crippen LogP) is 3.25. The zero-order chi connectivity index (χ0) is 19.3. The van der Waals surface area contributed by atoms with Crippen molar-refractivity contribution in [1.82, 2.24) is 4.98 Å². The van der Waals surface area contributed by atoms with Crippen LogP contribution in [-0.2, 0) is 9.84 Å². The van der Waals surface area contributed by atoms with Gasteiger partial charge in [-0.2, -0.15) is 14.0 Å². The molecule has 0 amide bonds. The quantitative estimate of drug-likeness (QED) is 0.752. The highest BCUT2D eigenvalue weighted by Crippen LogP contribution is 2.48. The van der Waals surface area contributed by atoms with E-state index in [1.165, 1.54) is 6.20 Å². The van der Waals surface area contributed by atoms with Gasteiger partial charge in [-0.1, -0.05) is 0 Å². The molecule has 1 aliphatic rings. The first-order valence-electron chi connectivity index (χ1n) is 6.76. The molecule has 26 heavy (non-hydrogen) atoms. The van der Waals surface area contributed by atoms with Gasteiger partial charge in [0, 0.05) is 12.3 Å². The highest BCUT2D eigenvalue weighted by molar-refractivity contribution is 7.94. The number of pyridine rings is 1. The van der Waals surface area contributed by atoms with E-state index >= 15 is 0 Å². The van der Waals surface area contributed by atoms with Crippen LogP contribution in [0.5, 0.6) is 11.5 Å². The van der Waals surface area contributed by atoms with E-state index < -0.39 is 49.1 Å². The summed E-state index contributed by atoms with van der Waals surface area (Å²) in [6.45, 7) is 0. The van der Waals surface area contributed by atoms with E-state index in [-0.39, 0.29) is 11.3 Å². The fraction of sp³-hybridized carbons (Fsp3) is 0.133. The maximum Gasteiger partial charge on any atom is 0.411 e. The summed E-state index contributed by atoms with van der Waals surface area (Å²) in [7, 11) is -5.42. The van der Waals surface area contributed by atoms with Crippen molar-refractivity contribution in [2.45, 2.75) is 16.6 Å². The van der Waals surface area contributed by atoms with Crippen LogP contribution < -0.4 is 4.74 Å². The lowest BCUT2D eigenvalue weighted by atomic mass is 10.0. The van der Waals surface area contributed by atoms with Crippen LogP contribution in [0.4, 0.5) is 17.6 Å². The van der Waals surface area contributed by atoms with Crippen LogP contribution in [-0.4, -0.2) is 24.4 Å². The highest BCUT2D eigenvalue weighted by Gasteiger charge is 2.62. The molecular weight excluding hydrogens is 380 g/mol. The summed E-state index contributed by atoms with van der Waals surface area (Å²) in [5, 5.41) is 3.95. The Labute approximate surface area is 143 Å². The maximum atomic E-state index is 13.7. The highest BCUT2D eigenvalue weighted by atomic mass is 32.2. The van der Waals surface area contributed by atoms with Crippen LogP contribution in [0.25, 0.3) is 0 Å². The number of Topliss-reactive ketones (excluding diaryl/α,β-unsaturated/α-hetero) is 1. The Bertz CT molecular complexity index is 1080. The van der Waals surface area contributed by atoms with Gasteiger partial charge >= 0.3 is 5.25 Å². The van der Waals surface area contributed by atoms with Crippen LogP contribution in [0.3, 0.4) is 0 Å². The molecule has 2 heterocycles. The molecule has 0 fully saturated rings. The van der Waals surface area contributed by atoms with Crippen molar-refractivity contribution in [1.29, 1.82) is 5.26 Å². The van der Waals surface area contributed by atoms with Gasteiger partial charge in [-0.05, 0) is 12.1 Å². The van der Waals surface area contributed by atoms with Crippen molar-refractivity contribution in [3.05, 3.63) is 47.3 Å². The van der Waals surface area contributed by atoms with Crippen molar-refractivity contribution < 1.29 is 35.5 Å². The fourth-order valence-corrected chi connectivity index (χ4v) is 3.75. The van der Waals surface area contributed by atoms with Gasteiger partial charge in [0.15, 0.2) is 0 Å². The van der Waals surface area contributed by atoms with Gasteiger partial charge < -0.3 is 4.74 Å². The van der Waals surface area contributed by atoms with Crippen LogP contribution in [0.1, 0.15) is 27.9 Å². The molecule has 1 aromatic carbocycles. The number of fused-ring (bicyclic) bond motifs is 1. The molecule has 1 aliphatic heterocycles. The molecule has 0 spiro atoms. The number of carbonyl (C=O) groups excluding carboxylic acids is 1. The first-order chi connectivity index (χ1) is 12.1. The molecule has 0 saturated heterocycles. The van der Waals surface area contributed by atoms with Crippen LogP contribution in [0.15, 0.2) is 35.5 Å². The number of alkyl halides is 4. The van der Waals surface area contributed by atoms with E-state index in [4.69, 9.17) is 10.00 Å². The number of aromatic nitrogens is 1. The fourth-order valence-electron chi connectivity index (χ4n) is 2.41. The SMILES string of the molecule is N#Cc1cncc(Oc2ccc3c(c2C(F)F)C(=O)C(F)(F)S3(=O)=O)c1. The number of rotatable bonds is 3. The standard InChI is InChI=1S/C15H6F4N2O4S/c16-14(17)11-9(25-8-3-7(4-20)5-21-6-8)1-2-10-12(11)13(22)15(18,19)26(10,23)24/h1-3,5-6,14H. The number of hydrogen-bond acceptors (Lipinski definition) is 6. The van der Waals surface area contributed by atoms with Crippen LogP contribution >= 0.6 is 0 Å². The van der Waals surface area contributed by atoms with E-state index in [1.54, 1.807) is 6.07 Å². The summed E-state index contributed by atoms with van der Waals surface area (Å²) in [6, 6.07) is 4.22. The van der Waals surface area contributed by atoms with Crippen molar-refractivity contribution in [2.75, 3.05) is 0 Å². The Morgan fingerprint density at radius 3 is 2.54 bits per heavy atom. The maximum absolute atomic E-state index is 13.7. The second kappa shape index (κ2) is 5.77. The third-order valence-electron chi connectivity index (χ3n) is 3.57. The van der Waals surface area contributed by atoms with Crippen molar-refractivity contribution in [3.8, 4) is 17.6 Å². The minimum atomic E-state index is -5.42. The number of nitrogens with zero attached hydrogens (tertiary/aromatic N) is 2. The zero-order valence-corrected chi connectivity index (χ0v) is 13.2. The number of benzene rings is 1.